The van der Waals surface area contributed by atoms with E-state index in [2.05, 4.69) is 32.2 Å². The first kappa shape index (κ1) is 32.8. The number of hydrogen-bond acceptors (Lipinski definition) is 11. The first-order chi connectivity index (χ1) is 22.8. The average molecular weight is 660 g/mol. The van der Waals surface area contributed by atoms with Crippen molar-refractivity contribution in [3.63, 3.8) is 0 Å². The second-order valence-corrected chi connectivity index (χ2v) is 10.7. The summed E-state index contributed by atoms with van der Waals surface area (Å²) in [7, 11) is 0. The summed E-state index contributed by atoms with van der Waals surface area (Å²) in [5, 5.41) is 22.5. The van der Waals surface area contributed by atoms with Gasteiger partial charge in [-0.1, -0.05) is 91.7 Å². The second-order valence-electron chi connectivity index (χ2n) is 10.4. The van der Waals surface area contributed by atoms with E-state index in [0.717, 1.165) is 52.9 Å². The van der Waals surface area contributed by atoms with Crippen LogP contribution in [0.25, 0.3) is 22.5 Å². The Balaban J connectivity index is 1.29. The zero-order valence-electron chi connectivity index (χ0n) is 25.5. The lowest BCUT2D eigenvalue weighted by atomic mass is 9.98. The number of halogens is 1. The Morgan fingerprint density at radius 3 is 2.51 bits per heavy atom. The van der Waals surface area contributed by atoms with Crippen molar-refractivity contribution >= 4 is 24.0 Å². The van der Waals surface area contributed by atoms with Crippen molar-refractivity contribution < 1.29 is 29.0 Å². The lowest BCUT2D eigenvalue weighted by Gasteiger charge is -2.13. The number of imidazole rings is 1. The molecule has 0 saturated carbocycles. The molecule has 2 aromatic heterocycles. The van der Waals surface area contributed by atoms with Crippen LogP contribution in [-0.4, -0.2) is 47.3 Å². The van der Waals surface area contributed by atoms with Gasteiger partial charge in [0.1, 0.15) is 23.9 Å². The maximum Gasteiger partial charge on any atom is 0.515 e. The minimum absolute atomic E-state index is 0.0497. The van der Waals surface area contributed by atoms with Crippen molar-refractivity contribution in [1.29, 1.82) is 0 Å². The molecule has 3 aromatic carbocycles. The summed E-state index contributed by atoms with van der Waals surface area (Å²) in [6, 6.07) is 21.7. The number of unbranched alkanes of at least 4 members (excludes halogenated alkanes) is 1. The fourth-order valence-corrected chi connectivity index (χ4v) is 5.07. The van der Waals surface area contributed by atoms with E-state index >= 15 is 0 Å². The van der Waals surface area contributed by atoms with E-state index in [1.807, 2.05) is 53.1 Å². The van der Waals surface area contributed by atoms with Crippen molar-refractivity contribution in [2.75, 3.05) is 0 Å². The number of carbonyl (C=O) groups is 2. The standard InChI is InChI=1S/C32H30ClN7O7/c1-3-4-13-29-34-30(33)27(19-41)38(29)18-22-14-16-23(17-15-22)25-10-6-7-11-26(25)31-35-37-39(36-31)21(2)46-32(42)47-28-12-8-5-9-24(28)20-45-40(43)44/h5-12,14-17,19,21H,3-4,13,18,20H2,1-2H3. The van der Waals surface area contributed by atoms with Crippen molar-refractivity contribution in [3.05, 3.63) is 111 Å². The number of aromatic nitrogens is 6. The molecule has 14 nitrogen and oxygen atoms in total. The van der Waals surface area contributed by atoms with Crippen LogP contribution < -0.4 is 4.74 Å². The summed E-state index contributed by atoms with van der Waals surface area (Å²) in [5.41, 5.74) is 4.07. The monoisotopic (exact) mass is 659 g/mol. The molecule has 0 amide bonds. The van der Waals surface area contributed by atoms with E-state index in [1.54, 1.807) is 12.1 Å². The molecule has 5 rings (SSSR count). The van der Waals surface area contributed by atoms with Gasteiger partial charge in [-0.25, -0.2) is 9.78 Å². The number of rotatable bonds is 14. The molecular weight excluding hydrogens is 630 g/mol. The first-order valence-electron chi connectivity index (χ1n) is 14.7. The molecule has 0 spiro atoms. The number of aldehydes is 1. The zero-order chi connectivity index (χ0) is 33.3. The Hall–Kier alpha value is -5.63. The summed E-state index contributed by atoms with van der Waals surface area (Å²) in [6.07, 6.45) is 1.34. The van der Waals surface area contributed by atoms with E-state index < -0.39 is 24.1 Å². The van der Waals surface area contributed by atoms with Crippen LogP contribution in [-0.2, 0) is 29.1 Å². The molecule has 0 bridgehead atoms. The molecule has 47 heavy (non-hydrogen) atoms. The third kappa shape index (κ3) is 7.97. The molecule has 15 heteroatoms. The lowest BCUT2D eigenvalue weighted by Crippen LogP contribution is -2.20. The number of benzene rings is 3. The largest absolute Gasteiger partial charge is 0.515 e. The third-order valence-corrected chi connectivity index (χ3v) is 7.47. The lowest BCUT2D eigenvalue weighted by molar-refractivity contribution is -0.763. The summed E-state index contributed by atoms with van der Waals surface area (Å²) in [4.78, 5) is 44.7. The zero-order valence-corrected chi connectivity index (χ0v) is 26.2. The smallest absolute Gasteiger partial charge is 0.407 e. The molecule has 0 N–H and O–H groups in total. The van der Waals surface area contributed by atoms with Gasteiger partial charge in [-0.2, -0.15) is 0 Å². The number of nitrogens with zero attached hydrogens (tertiary/aromatic N) is 7. The number of aryl methyl sites for hydroxylation is 1. The molecule has 0 aliphatic carbocycles. The Bertz CT molecular complexity index is 1870. The predicted octanol–water partition coefficient (Wildman–Crippen LogP) is 6.50. The van der Waals surface area contributed by atoms with Crippen LogP contribution in [0.1, 0.15) is 60.4 Å². The summed E-state index contributed by atoms with van der Waals surface area (Å²) < 4.78 is 12.4. The number of ether oxygens (including phenoxy) is 2. The summed E-state index contributed by atoms with van der Waals surface area (Å²) >= 11 is 6.24. The van der Waals surface area contributed by atoms with Crippen molar-refractivity contribution in [3.8, 4) is 28.3 Å². The van der Waals surface area contributed by atoms with E-state index in [0.29, 0.717) is 23.6 Å². The molecule has 0 saturated heterocycles. The van der Waals surface area contributed by atoms with Gasteiger partial charge in [-0.05, 0) is 41.3 Å². The maximum atomic E-state index is 12.5. The summed E-state index contributed by atoms with van der Waals surface area (Å²) in [5.74, 6) is 1.13. The Labute approximate surface area is 274 Å². The van der Waals surface area contributed by atoms with Crippen LogP contribution in [0.3, 0.4) is 0 Å². The van der Waals surface area contributed by atoms with Crippen LogP contribution in [0.4, 0.5) is 4.79 Å². The molecule has 0 aliphatic rings. The number of hydrogen-bond donors (Lipinski definition) is 0. The average Bonchev–Trinajstić information content (AvgIpc) is 3.68. The van der Waals surface area contributed by atoms with Gasteiger partial charge in [0.25, 0.3) is 5.09 Å². The normalized spacial score (nSPS) is 11.6. The highest BCUT2D eigenvalue weighted by molar-refractivity contribution is 6.31. The highest BCUT2D eigenvalue weighted by Gasteiger charge is 2.20. The molecule has 0 radical (unpaired) electrons. The number of tetrazole rings is 1. The molecule has 242 valence electrons. The first-order valence-corrected chi connectivity index (χ1v) is 15.1. The second kappa shape index (κ2) is 15.1. The minimum Gasteiger partial charge on any atom is -0.407 e. The van der Waals surface area contributed by atoms with Gasteiger partial charge in [0.2, 0.25) is 12.1 Å². The van der Waals surface area contributed by atoms with Crippen molar-refractivity contribution in [2.45, 2.75) is 52.5 Å². The van der Waals surface area contributed by atoms with Crippen molar-refractivity contribution in [2.24, 2.45) is 0 Å². The van der Waals surface area contributed by atoms with Crippen LogP contribution in [0.2, 0.25) is 5.15 Å². The Morgan fingerprint density at radius 2 is 1.79 bits per heavy atom. The molecule has 2 heterocycles. The van der Waals surface area contributed by atoms with Crippen LogP contribution in [0.15, 0.2) is 72.8 Å². The molecule has 5 aromatic rings. The van der Waals surface area contributed by atoms with Crippen LogP contribution in [0.5, 0.6) is 5.75 Å². The SMILES string of the molecule is CCCCc1nc(Cl)c(C=O)n1Cc1ccc(-c2ccccc2-c2nnn(C(C)OC(=O)Oc3ccccc3CO[N+](=O)[O-])n2)cc1. The minimum atomic E-state index is -1.07. The Kier molecular flexibility index (Phi) is 10.5. The fraction of sp³-hybridized carbons (Fsp3) is 0.250. The van der Waals surface area contributed by atoms with E-state index in [4.69, 9.17) is 21.1 Å². The third-order valence-electron chi connectivity index (χ3n) is 7.19. The van der Waals surface area contributed by atoms with E-state index in [9.17, 15) is 19.7 Å². The predicted molar refractivity (Wildman–Crippen MR) is 169 cm³/mol. The quantitative estimate of drug-likeness (QED) is 0.0419. The van der Waals surface area contributed by atoms with Gasteiger partial charge in [0.15, 0.2) is 11.4 Å². The van der Waals surface area contributed by atoms with Gasteiger partial charge in [0.05, 0.1) is 0 Å². The van der Waals surface area contributed by atoms with Gasteiger partial charge in [-0.3, -0.25) is 4.79 Å². The fourth-order valence-electron chi connectivity index (χ4n) is 4.83. The van der Waals surface area contributed by atoms with Crippen LogP contribution >= 0.6 is 11.6 Å². The van der Waals surface area contributed by atoms with Gasteiger partial charge in [-0.15, -0.1) is 25.1 Å². The van der Waals surface area contributed by atoms with Crippen LogP contribution in [0, 0.1) is 10.1 Å². The van der Waals surface area contributed by atoms with Gasteiger partial charge >= 0.3 is 6.16 Å². The summed E-state index contributed by atoms with van der Waals surface area (Å²) in [6.45, 7) is 3.68. The molecule has 0 aliphatic heterocycles. The molecule has 0 fully saturated rings. The molecule has 1 unspecified atom stereocenters. The van der Waals surface area contributed by atoms with Crippen molar-refractivity contribution in [1.82, 2.24) is 29.8 Å². The van der Waals surface area contributed by atoms with Gasteiger partial charge in [0, 0.05) is 24.1 Å². The topological polar surface area (TPSA) is 166 Å². The number of carbonyl (C=O) groups excluding carboxylic acids is 2. The highest BCUT2D eigenvalue weighted by Crippen LogP contribution is 2.31. The van der Waals surface area contributed by atoms with E-state index in [-0.39, 0.29) is 16.5 Å². The molecular formula is C32H30ClN7O7. The highest BCUT2D eigenvalue weighted by atomic mass is 35.5. The maximum absolute atomic E-state index is 12.5. The number of para-hydroxylation sites is 1. The van der Waals surface area contributed by atoms with Gasteiger partial charge < -0.3 is 18.9 Å². The van der Waals surface area contributed by atoms with E-state index in [1.165, 1.54) is 19.1 Å². The molecule has 1 atom stereocenters. The Morgan fingerprint density at radius 1 is 1.06 bits per heavy atom.